The fourth-order valence-corrected chi connectivity index (χ4v) is 4.89. The number of amides is 1. The topological polar surface area (TPSA) is 88.8 Å². The first-order valence-electron chi connectivity index (χ1n) is 10.4. The molecule has 1 aromatic carbocycles. The minimum Gasteiger partial charge on any atom is -0.492 e. The molecule has 0 atom stereocenters. The van der Waals surface area contributed by atoms with E-state index in [4.69, 9.17) is 9.72 Å². The van der Waals surface area contributed by atoms with Gasteiger partial charge in [0, 0.05) is 30.1 Å². The lowest BCUT2D eigenvalue weighted by molar-refractivity contribution is -0.380. The summed E-state index contributed by atoms with van der Waals surface area (Å²) < 4.78 is 6.65. The molecule has 0 radical (unpaired) electrons. The van der Waals surface area contributed by atoms with Gasteiger partial charge in [-0.3, -0.25) is 19.8 Å². The van der Waals surface area contributed by atoms with Crippen molar-refractivity contribution in [2.45, 2.75) is 20.8 Å². The van der Waals surface area contributed by atoms with E-state index in [1.807, 2.05) is 25.1 Å². The second-order valence-electron chi connectivity index (χ2n) is 6.82. The van der Waals surface area contributed by atoms with Crippen LogP contribution < -0.4 is 9.64 Å². The van der Waals surface area contributed by atoms with Crippen molar-refractivity contribution in [2.75, 3.05) is 37.7 Å². The molecule has 3 aromatic rings. The number of rotatable bonds is 11. The molecule has 32 heavy (non-hydrogen) atoms. The van der Waals surface area contributed by atoms with Crippen molar-refractivity contribution in [2.24, 2.45) is 0 Å². The minimum absolute atomic E-state index is 0.0464. The van der Waals surface area contributed by atoms with Crippen LogP contribution in [0.25, 0.3) is 16.3 Å². The van der Waals surface area contributed by atoms with Gasteiger partial charge in [-0.2, -0.15) is 0 Å². The predicted molar refractivity (Wildman–Crippen MR) is 131 cm³/mol. The van der Waals surface area contributed by atoms with Gasteiger partial charge in [-0.05, 0) is 44.3 Å². The molecule has 3 rings (SSSR count). The predicted octanol–water partition coefficient (Wildman–Crippen LogP) is 5.05. The molecule has 0 saturated carbocycles. The van der Waals surface area contributed by atoms with Crippen molar-refractivity contribution in [3.63, 3.8) is 0 Å². The Morgan fingerprint density at radius 2 is 1.94 bits per heavy atom. The van der Waals surface area contributed by atoms with Crippen molar-refractivity contribution in [3.05, 3.63) is 51.4 Å². The lowest BCUT2D eigenvalue weighted by atomic mass is 10.3. The van der Waals surface area contributed by atoms with E-state index in [-0.39, 0.29) is 10.9 Å². The van der Waals surface area contributed by atoms with Gasteiger partial charge >= 0.3 is 5.00 Å². The number of carbonyl (C=O) groups excluding carboxylic acids is 1. The molecular weight excluding hydrogens is 448 g/mol. The van der Waals surface area contributed by atoms with Crippen molar-refractivity contribution >= 4 is 55.0 Å². The number of hydrogen-bond acceptors (Lipinski definition) is 8. The number of likely N-dealkylation sites (N-methyl/N-ethyl adjacent to an activating group) is 1. The number of hydrogen-bond donors (Lipinski definition) is 0. The zero-order chi connectivity index (χ0) is 23.1. The number of ether oxygens (including phenoxy) is 1. The highest BCUT2D eigenvalue weighted by atomic mass is 32.1. The maximum Gasteiger partial charge on any atom is 0.324 e. The molecule has 2 aromatic heterocycles. The molecule has 0 bridgehead atoms. The van der Waals surface area contributed by atoms with Gasteiger partial charge in [0.15, 0.2) is 5.13 Å². The standard InChI is InChI=1S/C22H26N4O4S2/c1-4-24(5-2)14-15-25(19(27)12-10-16-11-13-20(31-16)26(28)29)22-23-21-17(30-6-3)8-7-9-18(21)32-22/h7-13H,4-6,14-15H2,1-3H3/b12-10+. The molecule has 0 aliphatic carbocycles. The van der Waals surface area contributed by atoms with Gasteiger partial charge in [-0.1, -0.05) is 42.6 Å². The molecule has 0 N–H and O–H groups in total. The summed E-state index contributed by atoms with van der Waals surface area (Å²) in [6.07, 6.45) is 3.07. The van der Waals surface area contributed by atoms with Crippen LogP contribution in [0.4, 0.5) is 10.1 Å². The number of fused-ring (bicyclic) bond motifs is 1. The molecule has 0 aliphatic heterocycles. The third kappa shape index (κ3) is 5.70. The second kappa shape index (κ2) is 11.2. The number of nitro groups is 1. The monoisotopic (exact) mass is 474 g/mol. The second-order valence-corrected chi connectivity index (χ2v) is 8.92. The maximum atomic E-state index is 13.2. The Kier molecular flexibility index (Phi) is 8.32. The fourth-order valence-electron chi connectivity index (χ4n) is 3.15. The number of benzene rings is 1. The van der Waals surface area contributed by atoms with Crippen molar-refractivity contribution < 1.29 is 14.5 Å². The van der Waals surface area contributed by atoms with E-state index < -0.39 is 4.92 Å². The van der Waals surface area contributed by atoms with E-state index in [9.17, 15) is 14.9 Å². The van der Waals surface area contributed by atoms with E-state index in [1.165, 1.54) is 23.5 Å². The lowest BCUT2D eigenvalue weighted by Gasteiger charge is -2.23. The molecule has 0 spiro atoms. The fraction of sp³-hybridized carbons (Fsp3) is 0.364. The van der Waals surface area contributed by atoms with Gasteiger partial charge in [-0.15, -0.1) is 0 Å². The normalized spacial score (nSPS) is 11.5. The first-order chi connectivity index (χ1) is 15.5. The number of carbonyl (C=O) groups is 1. The SMILES string of the molecule is CCOc1cccc2sc(N(CCN(CC)CC)C(=O)/C=C/c3ccc([N+](=O)[O-])s3)nc12. The van der Waals surface area contributed by atoms with Crippen molar-refractivity contribution in [1.29, 1.82) is 0 Å². The molecular formula is C22H26N4O4S2. The Hall–Kier alpha value is -2.82. The molecule has 170 valence electrons. The number of aromatic nitrogens is 1. The molecule has 0 fully saturated rings. The van der Waals surface area contributed by atoms with E-state index in [2.05, 4.69) is 18.7 Å². The summed E-state index contributed by atoms with van der Waals surface area (Å²) in [6, 6.07) is 8.84. The van der Waals surface area contributed by atoms with Crippen LogP contribution >= 0.6 is 22.7 Å². The summed E-state index contributed by atoms with van der Waals surface area (Å²) in [7, 11) is 0. The Balaban J connectivity index is 1.89. The molecule has 2 heterocycles. The molecule has 10 heteroatoms. The maximum absolute atomic E-state index is 13.2. The van der Waals surface area contributed by atoms with Gasteiger partial charge in [0.05, 0.1) is 16.2 Å². The highest BCUT2D eigenvalue weighted by Gasteiger charge is 2.20. The Morgan fingerprint density at radius 3 is 2.59 bits per heavy atom. The quantitative estimate of drug-likeness (QED) is 0.219. The van der Waals surface area contributed by atoms with Crippen LogP contribution in [0, 0.1) is 10.1 Å². The Labute approximate surface area is 194 Å². The largest absolute Gasteiger partial charge is 0.492 e. The van der Waals surface area contributed by atoms with E-state index in [0.29, 0.717) is 35.5 Å². The zero-order valence-corrected chi connectivity index (χ0v) is 19.9. The molecule has 0 unspecified atom stereocenters. The third-order valence-corrected chi connectivity index (χ3v) is 6.93. The molecule has 0 aliphatic rings. The first-order valence-corrected chi connectivity index (χ1v) is 12.1. The smallest absolute Gasteiger partial charge is 0.324 e. The van der Waals surface area contributed by atoms with Crippen LogP contribution in [0.2, 0.25) is 0 Å². The van der Waals surface area contributed by atoms with Crippen LogP contribution in [0.15, 0.2) is 36.4 Å². The van der Waals surface area contributed by atoms with E-state index in [1.54, 1.807) is 17.0 Å². The summed E-state index contributed by atoms with van der Waals surface area (Å²) in [6.45, 7) is 9.61. The van der Waals surface area contributed by atoms with Gasteiger partial charge in [0.2, 0.25) is 0 Å². The van der Waals surface area contributed by atoms with E-state index >= 15 is 0 Å². The average Bonchev–Trinajstić information content (AvgIpc) is 3.43. The van der Waals surface area contributed by atoms with Gasteiger partial charge in [0.1, 0.15) is 11.3 Å². The summed E-state index contributed by atoms with van der Waals surface area (Å²) in [5.41, 5.74) is 0.743. The number of thiazole rings is 1. The molecule has 1 amide bonds. The van der Waals surface area contributed by atoms with Crippen LogP contribution in [-0.2, 0) is 4.79 Å². The number of nitrogens with zero attached hydrogens (tertiary/aromatic N) is 4. The van der Waals surface area contributed by atoms with Gasteiger partial charge < -0.3 is 9.64 Å². The van der Waals surface area contributed by atoms with Crippen LogP contribution in [0.3, 0.4) is 0 Å². The van der Waals surface area contributed by atoms with Crippen LogP contribution in [-0.4, -0.2) is 53.5 Å². The number of para-hydroxylation sites is 1. The first kappa shape index (κ1) is 23.8. The zero-order valence-electron chi connectivity index (χ0n) is 18.3. The molecule has 8 nitrogen and oxygen atoms in total. The van der Waals surface area contributed by atoms with Crippen LogP contribution in [0.5, 0.6) is 5.75 Å². The summed E-state index contributed by atoms with van der Waals surface area (Å²) in [5.74, 6) is 0.482. The summed E-state index contributed by atoms with van der Waals surface area (Å²) in [5, 5.41) is 11.6. The highest BCUT2D eigenvalue weighted by molar-refractivity contribution is 7.22. The van der Waals surface area contributed by atoms with Gasteiger partial charge in [0.25, 0.3) is 5.91 Å². The van der Waals surface area contributed by atoms with Crippen molar-refractivity contribution in [3.8, 4) is 5.75 Å². The Bertz CT molecular complexity index is 1100. The van der Waals surface area contributed by atoms with Crippen LogP contribution in [0.1, 0.15) is 25.6 Å². The Morgan fingerprint density at radius 1 is 1.16 bits per heavy atom. The minimum atomic E-state index is -0.433. The third-order valence-electron chi connectivity index (χ3n) is 4.88. The number of thiophene rings is 1. The lowest BCUT2D eigenvalue weighted by Crippen LogP contribution is -2.38. The highest BCUT2D eigenvalue weighted by Crippen LogP contribution is 2.34. The molecule has 0 saturated heterocycles. The average molecular weight is 475 g/mol. The van der Waals surface area contributed by atoms with E-state index in [0.717, 1.165) is 34.6 Å². The number of anilines is 1. The summed E-state index contributed by atoms with van der Waals surface area (Å²) in [4.78, 5) is 32.9. The summed E-state index contributed by atoms with van der Waals surface area (Å²) >= 11 is 2.48. The van der Waals surface area contributed by atoms with Gasteiger partial charge in [-0.25, -0.2) is 4.98 Å². The van der Waals surface area contributed by atoms with Crippen molar-refractivity contribution in [1.82, 2.24) is 9.88 Å².